The van der Waals surface area contributed by atoms with E-state index in [1.165, 1.54) is 0 Å². The lowest BCUT2D eigenvalue weighted by atomic mass is 10.00. The molecule has 1 saturated heterocycles. The lowest BCUT2D eigenvalue weighted by Gasteiger charge is -2.39. The fourth-order valence-electron chi connectivity index (χ4n) is 2.06. The molecule has 0 bridgehead atoms. The van der Waals surface area contributed by atoms with Crippen LogP contribution in [0.1, 0.15) is 6.92 Å². The van der Waals surface area contributed by atoms with Gasteiger partial charge in [-0.05, 0) is 31.2 Å². The molecule has 2 aromatic rings. The summed E-state index contributed by atoms with van der Waals surface area (Å²) in [6.07, 6.45) is 0. The molecular formula is C16H17NO2. The zero-order valence-electron chi connectivity index (χ0n) is 10.9. The smallest absolute Gasteiger partial charge is 0.131 e. The number of hydrogen-bond acceptors (Lipinski definition) is 3. The third-order valence-corrected chi connectivity index (χ3v) is 3.15. The molecule has 0 unspecified atom stereocenters. The van der Waals surface area contributed by atoms with E-state index in [0.29, 0.717) is 0 Å². The van der Waals surface area contributed by atoms with Crippen LogP contribution in [0.3, 0.4) is 0 Å². The average Bonchev–Trinajstić information content (AvgIpc) is 2.38. The molecule has 1 N–H and O–H groups in total. The van der Waals surface area contributed by atoms with E-state index in [9.17, 15) is 0 Å². The van der Waals surface area contributed by atoms with Crippen LogP contribution in [-0.2, 0) is 0 Å². The van der Waals surface area contributed by atoms with Crippen LogP contribution in [0.25, 0.3) is 0 Å². The minimum atomic E-state index is -0.0919. The Hall–Kier alpha value is -2.00. The molecule has 3 heteroatoms. The summed E-state index contributed by atoms with van der Waals surface area (Å²) in [5.41, 5.74) is -0.0919. The maximum absolute atomic E-state index is 5.97. The molecule has 3 rings (SSSR count). The van der Waals surface area contributed by atoms with Crippen molar-refractivity contribution in [1.82, 2.24) is 5.32 Å². The molecule has 0 amide bonds. The Kier molecular flexibility index (Phi) is 3.13. The summed E-state index contributed by atoms with van der Waals surface area (Å²) in [7, 11) is 0. The number of ether oxygens (including phenoxy) is 2. The van der Waals surface area contributed by atoms with Gasteiger partial charge in [-0.3, -0.25) is 0 Å². The van der Waals surface area contributed by atoms with Crippen LogP contribution in [0, 0.1) is 0 Å². The highest BCUT2D eigenvalue weighted by Gasteiger charge is 2.33. The molecule has 3 nitrogen and oxygen atoms in total. The summed E-state index contributed by atoms with van der Waals surface area (Å²) in [5.74, 6) is 2.47. The minimum Gasteiger partial charge on any atom is -0.485 e. The topological polar surface area (TPSA) is 30.5 Å². The van der Waals surface area contributed by atoms with E-state index in [4.69, 9.17) is 9.47 Å². The van der Waals surface area contributed by atoms with Crippen molar-refractivity contribution in [2.24, 2.45) is 0 Å². The molecule has 0 spiro atoms. The average molecular weight is 255 g/mol. The molecule has 2 aromatic carbocycles. The van der Waals surface area contributed by atoms with Crippen LogP contribution >= 0.6 is 0 Å². The van der Waals surface area contributed by atoms with E-state index in [1.807, 2.05) is 54.6 Å². The molecule has 0 saturated carbocycles. The van der Waals surface area contributed by atoms with Gasteiger partial charge in [-0.1, -0.05) is 24.3 Å². The molecule has 98 valence electrons. The SMILES string of the molecule is CC1(Oc2cccc(Oc3ccccc3)c2)CNC1. The van der Waals surface area contributed by atoms with E-state index >= 15 is 0 Å². The van der Waals surface area contributed by atoms with Crippen molar-refractivity contribution < 1.29 is 9.47 Å². The first-order valence-electron chi connectivity index (χ1n) is 6.46. The normalized spacial score (nSPS) is 16.5. The van der Waals surface area contributed by atoms with Crippen molar-refractivity contribution in [2.45, 2.75) is 12.5 Å². The predicted octanol–water partition coefficient (Wildman–Crippen LogP) is 3.22. The summed E-state index contributed by atoms with van der Waals surface area (Å²) in [5, 5.41) is 3.22. The Balaban J connectivity index is 1.73. The van der Waals surface area contributed by atoms with Gasteiger partial charge in [0.25, 0.3) is 0 Å². The minimum absolute atomic E-state index is 0.0919. The first kappa shape index (κ1) is 12.1. The molecule has 19 heavy (non-hydrogen) atoms. The second-order valence-electron chi connectivity index (χ2n) is 5.05. The van der Waals surface area contributed by atoms with Crippen LogP contribution in [0.4, 0.5) is 0 Å². The number of benzene rings is 2. The van der Waals surface area contributed by atoms with Gasteiger partial charge >= 0.3 is 0 Å². The summed E-state index contributed by atoms with van der Waals surface area (Å²) >= 11 is 0. The van der Waals surface area contributed by atoms with E-state index in [2.05, 4.69) is 12.2 Å². The predicted molar refractivity (Wildman–Crippen MR) is 74.9 cm³/mol. The molecule has 0 aromatic heterocycles. The van der Waals surface area contributed by atoms with Crippen molar-refractivity contribution in [3.63, 3.8) is 0 Å². The van der Waals surface area contributed by atoms with Gasteiger partial charge in [-0.2, -0.15) is 0 Å². The summed E-state index contributed by atoms with van der Waals surface area (Å²) in [6, 6.07) is 17.5. The first-order valence-corrected chi connectivity index (χ1v) is 6.46. The fraction of sp³-hybridized carbons (Fsp3) is 0.250. The fourth-order valence-corrected chi connectivity index (χ4v) is 2.06. The van der Waals surface area contributed by atoms with Crippen LogP contribution in [0.15, 0.2) is 54.6 Å². The Bertz CT molecular complexity index is 550. The van der Waals surface area contributed by atoms with E-state index < -0.39 is 0 Å². The first-order chi connectivity index (χ1) is 9.23. The lowest BCUT2D eigenvalue weighted by molar-refractivity contribution is 0.0347. The zero-order valence-corrected chi connectivity index (χ0v) is 10.9. The molecule has 1 aliphatic heterocycles. The van der Waals surface area contributed by atoms with Crippen molar-refractivity contribution >= 4 is 0 Å². The van der Waals surface area contributed by atoms with Gasteiger partial charge < -0.3 is 14.8 Å². The van der Waals surface area contributed by atoms with Gasteiger partial charge in [0.2, 0.25) is 0 Å². The summed E-state index contributed by atoms with van der Waals surface area (Å²) in [6.45, 7) is 3.88. The number of hydrogen-bond donors (Lipinski definition) is 1. The number of para-hydroxylation sites is 1. The van der Waals surface area contributed by atoms with E-state index in [-0.39, 0.29) is 5.60 Å². The second kappa shape index (κ2) is 4.94. The van der Waals surface area contributed by atoms with E-state index in [0.717, 1.165) is 30.3 Å². The molecular weight excluding hydrogens is 238 g/mol. The van der Waals surface area contributed by atoms with Crippen LogP contribution in [0.5, 0.6) is 17.2 Å². The van der Waals surface area contributed by atoms with Gasteiger partial charge in [0.1, 0.15) is 22.8 Å². The summed E-state index contributed by atoms with van der Waals surface area (Å²) < 4.78 is 11.8. The lowest BCUT2D eigenvalue weighted by Crippen LogP contribution is -2.60. The third-order valence-electron chi connectivity index (χ3n) is 3.15. The largest absolute Gasteiger partial charge is 0.485 e. The van der Waals surface area contributed by atoms with Crippen molar-refractivity contribution in [1.29, 1.82) is 0 Å². The highest BCUT2D eigenvalue weighted by atomic mass is 16.5. The van der Waals surface area contributed by atoms with Crippen molar-refractivity contribution in [3.8, 4) is 17.2 Å². The van der Waals surface area contributed by atoms with Gasteiger partial charge in [0.15, 0.2) is 0 Å². The molecule has 1 fully saturated rings. The van der Waals surface area contributed by atoms with Gasteiger partial charge in [-0.25, -0.2) is 0 Å². The third kappa shape index (κ3) is 2.88. The molecule has 0 atom stereocenters. The quantitative estimate of drug-likeness (QED) is 0.910. The van der Waals surface area contributed by atoms with Gasteiger partial charge in [-0.15, -0.1) is 0 Å². The summed E-state index contributed by atoms with van der Waals surface area (Å²) in [4.78, 5) is 0. The number of rotatable bonds is 4. The Morgan fingerprint density at radius 3 is 2.26 bits per heavy atom. The highest BCUT2D eigenvalue weighted by molar-refractivity contribution is 5.37. The molecule has 1 aliphatic rings. The van der Waals surface area contributed by atoms with E-state index in [1.54, 1.807) is 0 Å². The maximum atomic E-state index is 5.97. The number of nitrogens with one attached hydrogen (secondary N) is 1. The Morgan fingerprint density at radius 2 is 1.58 bits per heavy atom. The molecule has 0 aliphatic carbocycles. The van der Waals surface area contributed by atoms with Crippen LogP contribution in [-0.4, -0.2) is 18.7 Å². The zero-order chi connectivity index (χ0) is 13.1. The van der Waals surface area contributed by atoms with Gasteiger partial charge in [0, 0.05) is 19.2 Å². The Labute approximate surface area is 113 Å². The van der Waals surface area contributed by atoms with Crippen molar-refractivity contribution in [3.05, 3.63) is 54.6 Å². The Morgan fingerprint density at radius 1 is 0.895 bits per heavy atom. The van der Waals surface area contributed by atoms with Crippen molar-refractivity contribution in [2.75, 3.05) is 13.1 Å². The monoisotopic (exact) mass is 255 g/mol. The highest BCUT2D eigenvalue weighted by Crippen LogP contribution is 2.28. The van der Waals surface area contributed by atoms with Crippen LogP contribution < -0.4 is 14.8 Å². The standard InChI is InChI=1S/C16H17NO2/c1-16(11-17-12-16)19-15-9-5-8-14(10-15)18-13-6-3-2-4-7-13/h2-10,17H,11-12H2,1H3. The second-order valence-corrected chi connectivity index (χ2v) is 5.05. The maximum Gasteiger partial charge on any atom is 0.131 e. The van der Waals surface area contributed by atoms with Crippen LogP contribution in [0.2, 0.25) is 0 Å². The molecule has 0 radical (unpaired) electrons. The molecule has 1 heterocycles. The van der Waals surface area contributed by atoms with Gasteiger partial charge in [0.05, 0.1) is 0 Å².